The summed E-state index contributed by atoms with van der Waals surface area (Å²) in [6, 6.07) is 23.7. The normalized spacial score (nSPS) is 11.8. The van der Waals surface area contributed by atoms with Crippen molar-refractivity contribution >= 4 is 32.9 Å². The fourth-order valence-electron chi connectivity index (χ4n) is 4.55. The van der Waals surface area contributed by atoms with Gasteiger partial charge in [0.25, 0.3) is 0 Å². The van der Waals surface area contributed by atoms with E-state index in [-0.39, 0.29) is 17.5 Å². The molecule has 0 unspecified atom stereocenters. The van der Waals surface area contributed by atoms with Crippen molar-refractivity contribution in [1.29, 1.82) is 0 Å². The van der Waals surface area contributed by atoms with E-state index in [0.717, 1.165) is 16.2 Å². The molecular weight excluding hydrogens is 465 g/mol. The molecule has 0 N–H and O–H groups in total. The van der Waals surface area contributed by atoms with Crippen LogP contribution in [0.15, 0.2) is 104 Å². The van der Waals surface area contributed by atoms with Gasteiger partial charge >= 0.3 is 0 Å². The summed E-state index contributed by atoms with van der Waals surface area (Å²) in [6.07, 6.45) is 0. The van der Waals surface area contributed by atoms with Crippen LogP contribution >= 0.6 is 0 Å². The first-order chi connectivity index (χ1) is 17.5. The molecule has 0 bridgehead atoms. The monoisotopic (exact) mass is 480 g/mol. The summed E-state index contributed by atoms with van der Waals surface area (Å²) in [5.74, 6) is 0.615. The Labute approximate surface area is 202 Å². The third-order valence-electron chi connectivity index (χ3n) is 6.32. The molecule has 0 radical (unpaired) electrons. The van der Waals surface area contributed by atoms with Gasteiger partial charge in [-0.05, 0) is 91.0 Å². The lowest BCUT2D eigenvalue weighted by molar-refractivity contribution is 0.620. The first-order valence-corrected chi connectivity index (χ1v) is 11.2. The molecule has 0 aliphatic heterocycles. The van der Waals surface area contributed by atoms with Gasteiger partial charge in [-0.25, -0.2) is 13.2 Å². The summed E-state index contributed by atoms with van der Waals surface area (Å²) in [4.78, 5) is 0. The lowest BCUT2D eigenvalue weighted by Gasteiger charge is -1.96. The zero-order valence-electron chi connectivity index (χ0n) is 18.5. The Morgan fingerprint density at radius 1 is 0.361 bits per heavy atom. The topological polar surface area (TPSA) is 39.4 Å². The predicted octanol–water partition coefficient (Wildman–Crippen LogP) is 9.34. The molecule has 3 aromatic heterocycles. The third-order valence-corrected chi connectivity index (χ3v) is 6.32. The van der Waals surface area contributed by atoms with E-state index in [1.807, 2.05) is 18.2 Å². The summed E-state index contributed by atoms with van der Waals surface area (Å²) in [5, 5.41) is 2.16. The summed E-state index contributed by atoms with van der Waals surface area (Å²) < 4.78 is 59.3. The van der Waals surface area contributed by atoms with Crippen LogP contribution < -0.4 is 0 Å². The van der Waals surface area contributed by atoms with Crippen LogP contribution in [-0.4, -0.2) is 0 Å². The molecule has 0 aliphatic rings. The Morgan fingerprint density at radius 3 is 0.861 bits per heavy atom. The van der Waals surface area contributed by atoms with Crippen molar-refractivity contribution in [2.24, 2.45) is 0 Å². The second-order valence-corrected chi connectivity index (χ2v) is 8.58. The van der Waals surface area contributed by atoms with Gasteiger partial charge in [-0.3, -0.25) is 0 Å². The lowest BCUT2D eigenvalue weighted by atomic mass is 10.1. The van der Waals surface area contributed by atoms with Crippen LogP contribution in [0.25, 0.3) is 66.9 Å². The molecule has 0 amide bonds. The maximum atomic E-state index is 13.5. The van der Waals surface area contributed by atoms with Gasteiger partial charge in [0.1, 0.15) is 51.5 Å². The number of rotatable bonds is 3. The third kappa shape index (κ3) is 3.22. The van der Waals surface area contributed by atoms with E-state index in [2.05, 4.69) is 0 Å². The summed E-state index contributed by atoms with van der Waals surface area (Å²) >= 11 is 0. The van der Waals surface area contributed by atoms with Crippen LogP contribution in [0.1, 0.15) is 0 Å². The van der Waals surface area contributed by atoms with Crippen LogP contribution in [0.2, 0.25) is 0 Å². The minimum absolute atomic E-state index is 0.339. The summed E-state index contributed by atoms with van der Waals surface area (Å²) in [7, 11) is 0. The van der Waals surface area contributed by atoms with Crippen molar-refractivity contribution in [2.75, 3.05) is 0 Å². The van der Waals surface area contributed by atoms with E-state index in [9.17, 15) is 13.2 Å². The molecule has 0 saturated carbocycles. The molecule has 0 atom stereocenters. The Balaban J connectivity index is 1.53. The number of hydrogen-bond acceptors (Lipinski definition) is 3. The molecule has 174 valence electrons. The molecular formula is C30H15F3O3. The fraction of sp³-hybridized carbons (Fsp3) is 0. The van der Waals surface area contributed by atoms with Crippen molar-refractivity contribution in [3.05, 3.63) is 108 Å². The number of furan rings is 3. The quantitative estimate of drug-likeness (QED) is 0.253. The van der Waals surface area contributed by atoms with Crippen molar-refractivity contribution in [3.63, 3.8) is 0 Å². The van der Waals surface area contributed by atoms with Gasteiger partial charge in [0.05, 0.1) is 16.2 Å². The first-order valence-electron chi connectivity index (χ1n) is 11.2. The van der Waals surface area contributed by atoms with Crippen molar-refractivity contribution in [1.82, 2.24) is 0 Å². The van der Waals surface area contributed by atoms with E-state index in [0.29, 0.717) is 50.7 Å². The van der Waals surface area contributed by atoms with Crippen LogP contribution in [0.4, 0.5) is 13.2 Å². The molecule has 3 nitrogen and oxygen atoms in total. The standard InChI is InChI=1S/C30H15F3O3/c31-19-7-1-16(2-8-19)25-13-22-28(34-25)23-14-26(17-3-9-20(32)10-4-17)36-30(23)24-15-27(35-29(22)24)18-5-11-21(33)12-6-18/h1-15H. The second kappa shape index (κ2) is 7.65. The minimum Gasteiger partial charge on any atom is -0.455 e. The maximum absolute atomic E-state index is 13.5. The van der Waals surface area contributed by atoms with Gasteiger partial charge in [0, 0.05) is 16.7 Å². The van der Waals surface area contributed by atoms with Gasteiger partial charge in [0.15, 0.2) is 0 Å². The summed E-state index contributed by atoms with van der Waals surface area (Å²) in [5.41, 5.74) is 3.78. The zero-order valence-corrected chi connectivity index (χ0v) is 18.5. The van der Waals surface area contributed by atoms with Gasteiger partial charge in [-0.2, -0.15) is 0 Å². The molecule has 7 aromatic rings. The average Bonchev–Trinajstić information content (AvgIpc) is 3.61. The minimum atomic E-state index is -0.339. The van der Waals surface area contributed by atoms with E-state index < -0.39 is 0 Å². The van der Waals surface area contributed by atoms with Gasteiger partial charge in [0.2, 0.25) is 0 Å². The Morgan fingerprint density at radius 2 is 0.611 bits per heavy atom. The SMILES string of the molecule is Fc1ccc(-c2cc3c(o2)c2cc(-c4ccc(F)cc4)oc2c2cc(-c4ccc(F)cc4)oc32)cc1. The molecule has 3 heterocycles. The molecule has 0 fully saturated rings. The molecule has 7 rings (SSSR count). The van der Waals surface area contributed by atoms with Gasteiger partial charge in [-0.15, -0.1) is 0 Å². The largest absolute Gasteiger partial charge is 0.455 e. The fourth-order valence-corrected chi connectivity index (χ4v) is 4.55. The zero-order chi connectivity index (χ0) is 24.4. The molecule has 0 aliphatic carbocycles. The Kier molecular flexibility index (Phi) is 4.39. The summed E-state index contributed by atoms with van der Waals surface area (Å²) in [6.45, 7) is 0. The molecule has 6 heteroatoms. The van der Waals surface area contributed by atoms with Crippen molar-refractivity contribution < 1.29 is 26.4 Å². The van der Waals surface area contributed by atoms with E-state index in [1.165, 1.54) is 36.4 Å². The maximum Gasteiger partial charge on any atom is 0.149 e. The Hall–Kier alpha value is -4.71. The highest BCUT2D eigenvalue weighted by molar-refractivity contribution is 6.22. The Bertz CT molecular complexity index is 1570. The van der Waals surface area contributed by atoms with E-state index >= 15 is 0 Å². The highest BCUT2D eigenvalue weighted by Gasteiger charge is 2.22. The molecule has 4 aromatic carbocycles. The van der Waals surface area contributed by atoms with Crippen LogP contribution in [0.3, 0.4) is 0 Å². The van der Waals surface area contributed by atoms with Crippen molar-refractivity contribution in [2.45, 2.75) is 0 Å². The molecule has 36 heavy (non-hydrogen) atoms. The van der Waals surface area contributed by atoms with Gasteiger partial charge in [-0.1, -0.05) is 0 Å². The lowest BCUT2D eigenvalue weighted by Crippen LogP contribution is -1.75. The molecule has 0 saturated heterocycles. The van der Waals surface area contributed by atoms with Crippen LogP contribution in [0, 0.1) is 17.5 Å². The number of hydrogen-bond donors (Lipinski definition) is 0. The van der Waals surface area contributed by atoms with Crippen molar-refractivity contribution in [3.8, 4) is 34.0 Å². The molecule has 0 spiro atoms. The van der Waals surface area contributed by atoms with Gasteiger partial charge < -0.3 is 13.3 Å². The van der Waals surface area contributed by atoms with Crippen LogP contribution in [-0.2, 0) is 0 Å². The van der Waals surface area contributed by atoms with E-state index in [4.69, 9.17) is 13.3 Å². The number of fused-ring (bicyclic) bond motifs is 6. The highest BCUT2D eigenvalue weighted by atomic mass is 19.1. The smallest absolute Gasteiger partial charge is 0.149 e. The highest BCUT2D eigenvalue weighted by Crippen LogP contribution is 2.44. The van der Waals surface area contributed by atoms with Crippen LogP contribution in [0.5, 0.6) is 0 Å². The number of halogens is 3. The predicted molar refractivity (Wildman–Crippen MR) is 132 cm³/mol. The second-order valence-electron chi connectivity index (χ2n) is 8.58. The first kappa shape index (κ1) is 20.6. The number of benzene rings is 4. The van der Waals surface area contributed by atoms with E-state index in [1.54, 1.807) is 36.4 Å². The average molecular weight is 480 g/mol.